The van der Waals surface area contributed by atoms with E-state index in [0.717, 1.165) is 10.2 Å². The Labute approximate surface area is 130 Å². The SMILES string of the molecule is NCCNc1ncc(C(N)=O)c(Nc2cccc(Br)c2)n1. The van der Waals surface area contributed by atoms with Crippen molar-refractivity contribution in [2.75, 3.05) is 23.7 Å². The van der Waals surface area contributed by atoms with Gasteiger partial charge in [0.1, 0.15) is 11.4 Å². The second-order valence-corrected chi connectivity index (χ2v) is 5.09. The number of halogens is 1. The van der Waals surface area contributed by atoms with Crippen LogP contribution in [0.5, 0.6) is 0 Å². The minimum atomic E-state index is -0.599. The third-order valence-corrected chi connectivity index (χ3v) is 3.06. The summed E-state index contributed by atoms with van der Waals surface area (Å²) in [6.07, 6.45) is 1.38. The first-order valence-electron chi connectivity index (χ1n) is 6.23. The fourth-order valence-electron chi connectivity index (χ4n) is 1.63. The molecule has 0 saturated carbocycles. The van der Waals surface area contributed by atoms with E-state index in [0.29, 0.717) is 24.9 Å². The number of nitrogens with two attached hydrogens (primary N) is 2. The third-order valence-electron chi connectivity index (χ3n) is 2.57. The first kappa shape index (κ1) is 15.2. The Morgan fingerprint density at radius 3 is 2.86 bits per heavy atom. The molecule has 8 heteroatoms. The molecule has 21 heavy (non-hydrogen) atoms. The average Bonchev–Trinajstić information content (AvgIpc) is 2.45. The van der Waals surface area contributed by atoms with Gasteiger partial charge in [-0.1, -0.05) is 22.0 Å². The summed E-state index contributed by atoms with van der Waals surface area (Å²) >= 11 is 3.38. The summed E-state index contributed by atoms with van der Waals surface area (Å²) in [4.78, 5) is 19.7. The Hall–Kier alpha value is -2.19. The van der Waals surface area contributed by atoms with Gasteiger partial charge in [-0.15, -0.1) is 0 Å². The zero-order valence-electron chi connectivity index (χ0n) is 11.1. The van der Waals surface area contributed by atoms with E-state index < -0.39 is 5.91 Å². The normalized spacial score (nSPS) is 10.2. The quantitative estimate of drug-likeness (QED) is 0.626. The van der Waals surface area contributed by atoms with Crippen molar-refractivity contribution in [1.82, 2.24) is 9.97 Å². The number of carbonyl (C=O) groups excluding carboxylic acids is 1. The fourth-order valence-corrected chi connectivity index (χ4v) is 2.03. The van der Waals surface area contributed by atoms with Gasteiger partial charge in [-0.3, -0.25) is 4.79 Å². The summed E-state index contributed by atoms with van der Waals surface area (Å²) in [5, 5.41) is 6.01. The highest BCUT2D eigenvalue weighted by Gasteiger charge is 2.12. The van der Waals surface area contributed by atoms with Crippen molar-refractivity contribution in [3.05, 3.63) is 40.5 Å². The van der Waals surface area contributed by atoms with Gasteiger partial charge in [-0.05, 0) is 18.2 Å². The highest BCUT2D eigenvalue weighted by Crippen LogP contribution is 2.22. The maximum absolute atomic E-state index is 11.5. The Bertz CT molecular complexity index is 648. The van der Waals surface area contributed by atoms with Gasteiger partial charge in [0.15, 0.2) is 0 Å². The van der Waals surface area contributed by atoms with Crippen molar-refractivity contribution < 1.29 is 4.79 Å². The van der Waals surface area contributed by atoms with Crippen molar-refractivity contribution in [3.63, 3.8) is 0 Å². The molecule has 0 aliphatic carbocycles. The van der Waals surface area contributed by atoms with Crippen LogP contribution < -0.4 is 22.1 Å². The molecule has 6 N–H and O–H groups in total. The summed E-state index contributed by atoms with van der Waals surface area (Å²) in [7, 11) is 0. The largest absolute Gasteiger partial charge is 0.365 e. The molecule has 0 bridgehead atoms. The molecule has 7 nitrogen and oxygen atoms in total. The summed E-state index contributed by atoms with van der Waals surface area (Å²) < 4.78 is 0.906. The summed E-state index contributed by atoms with van der Waals surface area (Å²) in [6, 6.07) is 7.48. The summed E-state index contributed by atoms with van der Waals surface area (Å²) in [5.74, 6) is 0.121. The standard InChI is InChI=1S/C13H15BrN6O/c14-8-2-1-3-9(6-8)19-12-10(11(16)21)7-18-13(20-12)17-5-4-15/h1-3,6-7H,4-5,15H2,(H2,16,21)(H2,17,18,19,20). The second kappa shape index (κ2) is 7.00. The highest BCUT2D eigenvalue weighted by molar-refractivity contribution is 9.10. The average molecular weight is 351 g/mol. The number of nitrogens with one attached hydrogen (secondary N) is 2. The first-order valence-corrected chi connectivity index (χ1v) is 7.03. The van der Waals surface area contributed by atoms with Crippen molar-refractivity contribution >= 4 is 39.3 Å². The molecule has 0 saturated heterocycles. The molecule has 0 radical (unpaired) electrons. The second-order valence-electron chi connectivity index (χ2n) is 4.17. The van der Waals surface area contributed by atoms with Crippen LogP contribution in [0, 0.1) is 0 Å². The molecule has 0 atom stereocenters. The van der Waals surface area contributed by atoms with Crippen molar-refractivity contribution in [1.29, 1.82) is 0 Å². The number of carbonyl (C=O) groups is 1. The number of hydrogen-bond acceptors (Lipinski definition) is 6. The van der Waals surface area contributed by atoms with Gasteiger partial charge >= 0.3 is 0 Å². The summed E-state index contributed by atoms with van der Waals surface area (Å²) in [6.45, 7) is 0.988. The number of amides is 1. The zero-order valence-corrected chi connectivity index (χ0v) is 12.7. The molecule has 2 aromatic rings. The van der Waals surface area contributed by atoms with Crippen LogP contribution in [-0.4, -0.2) is 29.0 Å². The van der Waals surface area contributed by atoms with Crippen LogP contribution in [0.3, 0.4) is 0 Å². The lowest BCUT2D eigenvalue weighted by atomic mass is 10.2. The predicted octanol–water partition coefficient (Wildman–Crippen LogP) is 1.45. The maximum Gasteiger partial charge on any atom is 0.254 e. The van der Waals surface area contributed by atoms with Gasteiger partial charge in [0.2, 0.25) is 5.95 Å². The van der Waals surface area contributed by atoms with Crippen LogP contribution in [-0.2, 0) is 0 Å². The number of nitrogens with zero attached hydrogens (tertiary/aromatic N) is 2. The number of rotatable bonds is 6. The lowest BCUT2D eigenvalue weighted by molar-refractivity contribution is 0.100. The number of anilines is 3. The highest BCUT2D eigenvalue weighted by atomic mass is 79.9. The van der Waals surface area contributed by atoms with Crippen molar-refractivity contribution in [2.45, 2.75) is 0 Å². The van der Waals surface area contributed by atoms with Crippen molar-refractivity contribution in [2.24, 2.45) is 11.5 Å². The molecule has 0 aliphatic heterocycles. The molecule has 2 rings (SSSR count). The number of primary amides is 1. The monoisotopic (exact) mass is 350 g/mol. The van der Waals surface area contributed by atoms with Crippen LogP contribution >= 0.6 is 15.9 Å². The minimum absolute atomic E-state index is 0.216. The molecule has 0 fully saturated rings. The van der Waals surface area contributed by atoms with Crippen LogP contribution in [0.4, 0.5) is 17.5 Å². The van der Waals surface area contributed by atoms with Gasteiger partial charge in [0.25, 0.3) is 5.91 Å². The van der Waals surface area contributed by atoms with E-state index in [2.05, 4.69) is 36.5 Å². The molecule has 1 amide bonds. The Kier molecular flexibility index (Phi) is 5.07. The van der Waals surface area contributed by atoms with Gasteiger partial charge < -0.3 is 22.1 Å². The smallest absolute Gasteiger partial charge is 0.254 e. The van der Waals surface area contributed by atoms with Crippen LogP contribution in [0.15, 0.2) is 34.9 Å². The number of hydrogen-bond donors (Lipinski definition) is 4. The topological polar surface area (TPSA) is 119 Å². The molecule has 0 unspecified atom stereocenters. The van der Waals surface area contributed by atoms with Gasteiger partial charge in [-0.25, -0.2) is 4.98 Å². The molecule has 0 spiro atoms. The van der Waals surface area contributed by atoms with Crippen molar-refractivity contribution in [3.8, 4) is 0 Å². The molecule has 0 aliphatic rings. The molecule has 110 valence electrons. The predicted molar refractivity (Wildman–Crippen MR) is 85.5 cm³/mol. The van der Waals surface area contributed by atoms with Crippen LogP contribution in [0.1, 0.15) is 10.4 Å². The van der Waals surface area contributed by atoms with Gasteiger partial charge in [0, 0.05) is 29.4 Å². The lowest BCUT2D eigenvalue weighted by Gasteiger charge is -2.11. The van der Waals surface area contributed by atoms with E-state index in [-0.39, 0.29) is 5.56 Å². The maximum atomic E-state index is 11.5. The van der Waals surface area contributed by atoms with E-state index in [1.165, 1.54) is 6.20 Å². The number of benzene rings is 1. The number of aromatic nitrogens is 2. The zero-order chi connectivity index (χ0) is 15.2. The molecule has 1 aromatic carbocycles. The third kappa shape index (κ3) is 4.14. The first-order chi connectivity index (χ1) is 10.1. The Morgan fingerprint density at radius 1 is 1.38 bits per heavy atom. The molecule has 1 heterocycles. The van der Waals surface area contributed by atoms with Crippen LogP contribution in [0.25, 0.3) is 0 Å². The van der Waals surface area contributed by atoms with E-state index >= 15 is 0 Å². The fraction of sp³-hybridized carbons (Fsp3) is 0.154. The van der Waals surface area contributed by atoms with Crippen LogP contribution in [0.2, 0.25) is 0 Å². The van der Waals surface area contributed by atoms with E-state index in [1.807, 2.05) is 24.3 Å². The molecular weight excluding hydrogens is 336 g/mol. The molecular formula is C13H15BrN6O. The van der Waals surface area contributed by atoms with E-state index in [4.69, 9.17) is 11.5 Å². The van der Waals surface area contributed by atoms with Gasteiger partial charge in [-0.2, -0.15) is 4.98 Å². The van der Waals surface area contributed by atoms with Gasteiger partial charge in [0.05, 0.1) is 0 Å². The van der Waals surface area contributed by atoms with E-state index in [1.54, 1.807) is 0 Å². The minimum Gasteiger partial charge on any atom is -0.365 e. The molecule has 1 aromatic heterocycles. The lowest BCUT2D eigenvalue weighted by Crippen LogP contribution is -2.18. The Morgan fingerprint density at radius 2 is 2.19 bits per heavy atom. The van der Waals surface area contributed by atoms with E-state index in [9.17, 15) is 4.79 Å². The summed E-state index contributed by atoms with van der Waals surface area (Å²) in [5.41, 5.74) is 11.7. The Balaban J connectivity index is 2.31.